The highest BCUT2D eigenvalue weighted by atomic mass is 32.2. The molecule has 1 aliphatic rings. The molecular weight excluding hydrogens is 522 g/mol. The maximum atomic E-state index is 13.0. The van der Waals surface area contributed by atoms with Crippen LogP contribution in [-0.2, 0) is 10.5 Å². The molecule has 0 aliphatic carbocycles. The van der Waals surface area contributed by atoms with E-state index >= 15 is 0 Å². The van der Waals surface area contributed by atoms with Crippen molar-refractivity contribution < 1.29 is 14.3 Å². The van der Waals surface area contributed by atoms with Crippen molar-refractivity contribution in [3.05, 3.63) is 70.4 Å². The number of ether oxygens (including phenoxy) is 1. The first-order valence-corrected chi connectivity index (χ1v) is 14.1. The van der Waals surface area contributed by atoms with Gasteiger partial charge in [0.1, 0.15) is 10.7 Å². The summed E-state index contributed by atoms with van der Waals surface area (Å²) in [6.45, 7) is 5.99. The number of hydrogen-bond acceptors (Lipinski definition) is 9. The lowest BCUT2D eigenvalue weighted by Gasteiger charge is -2.33. The van der Waals surface area contributed by atoms with Crippen LogP contribution in [0.15, 0.2) is 59.3 Å². The molecule has 3 aromatic heterocycles. The summed E-state index contributed by atoms with van der Waals surface area (Å²) in [5, 5.41) is 12.3. The van der Waals surface area contributed by atoms with Crippen LogP contribution in [0.5, 0.6) is 0 Å². The molecule has 0 spiro atoms. The number of para-hydroxylation sites is 1. The van der Waals surface area contributed by atoms with Gasteiger partial charge in [0.05, 0.1) is 18.0 Å². The van der Waals surface area contributed by atoms with Gasteiger partial charge >= 0.3 is 6.09 Å². The van der Waals surface area contributed by atoms with E-state index in [2.05, 4.69) is 43.8 Å². The first-order chi connectivity index (χ1) is 18.5. The van der Waals surface area contributed by atoms with Crippen molar-refractivity contribution >= 4 is 35.1 Å². The Morgan fingerprint density at radius 3 is 2.50 bits per heavy atom. The monoisotopic (exact) mass is 549 g/mol. The Balaban J connectivity index is 1.29. The van der Waals surface area contributed by atoms with Crippen LogP contribution in [0.4, 0.5) is 4.79 Å². The van der Waals surface area contributed by atoms with Crippen LogP contribution in [0.2, 0.25) is 0 Å². The average Bonchev–Trinajstić information content (AvgIpc) is 3.60. The number of thiazole rings is 1. The molecule has 1 fully saturated rings. The molecule has 0 N–H and O–H groups in total. The van der Waals surface area contributed by atoms with Crippen molar-refractivity contribution in [3.63, 3.8) is 0 Å². The summed E-state index contributed by atoms with van der Waals surface area (Å²) in [7, 11) is 0. The zero-order chi connectivity index (χ0) is 26.5. The van der Waals surface area contributed by atoms with Crippen molar-refractivity contribution in [3.8, 4) is 17.1 Å². The van der Waals surface area contributed by atoms with Gasteiger partial charge in [0.25, 0.3) is 5.91 Å². The first kappa shape index (κ1) is 25.9. The zero-order valence-corrected chi connectivity index (χ0v) is 22.7. The normalized spacial score (nSPS) is 13.5. The summed E-state index contributed by atoms with van der Waals surface area (Å²) >= 11 is 2.98. The van der Waals surface area contributed by atoms with Crippen LogP contribution in [0.3, 0.4) is 0 Å². The van der Waals surface area contributed by atoms with Gasteiger partial charge in [-0.05, 0) is 37.6 Å². The van der Waals surface area contributed by atoms with Gasteiger partial charge in [0.2, 0.25) is 0 Å². The van der Waals surface area contributed by atoms with E-state index in [4.69, 9.17) is 4.74 Å². The molecule has 0 saturated carbocycles. The Morgan fingerprint density at radius 2 is 1.76 bits per heavy atom. The van der Waals surface area contributed by atoms with Crippen molar-refractivity contribution in [1.82, 2.24) is 34.5 Å². The average molecular weight is 550 g/mol. The highest BCUT2D eigenvalue weighted by molar-refractivity contribution is 7.98. The SMILES string of the molecule is CCOC(=O)N1CCN(C(=O)c2csc(CSc3nnc(-c4ccncc4)n3-c3ccccc3C)n2)CC1. The molecule has 38 heavy (non-hydrogen) atoms. The van der Waals surface area contributed by atoms with Crippen LogP contribution in [0.25, 0.3) is 17.1 Å². The Labute approximate surface area is 228 Å². The van der Waals surface area contributed by atoms with E-state index in [-0.39, 0.29) is 12.0 Å². The van der Waals surface area contributed by atoms with E-state index in [1.54, 1.807) is 34.5 Å². The van der Waals surface area contributed by atoms with Gasteiger partial charge in [-0.25, -0.2) is 9.78 Å². The quantitative estimate of drug-likeness (QED) is 0.314. The smallest absolute Gasteiger partial charge is 0.409 e. The van der Waals surface area contributed by atoms with E-state index < -0.39 is 0 Å². The zero-order valence-electron chi connectivity index (χ0n) is 21.1. The van der Waals surface area contributed by atoms with Gasteiger partial charge in [-0.1, -0.05) is 30.0 Å². The minimum atomic E-state index is -0.335. The molecule has 1 saturated heterocycles. The number of benzene rings is 1. The van der Waals surface area contributed by atoms with E-state index in [1.165, 1.54) is 23.1 Å². The van der Waals surface area contributed by atoms with Crippen molar-refractivity contribution in [1.29, 1.82) is 0 Å². The number of amides is 2. The third-order valence-corrected chi connectivity index (χ3v) is 8.09. The summed E-state index contributed by atoms with van der Waals surface area (Å²) in [4.78, 5) is 37.0. The number of carbonyl (C=O) groups is 2. The predicted octanol–water partition coefficient (Wildman–Crippen LogP) is 4.30. The van der Waals surface area contributed by atoms with E-state index in [0.717, 1.165) is 32.8 Å². The molecule has 0 unspecified atom stereocenters. The minimum absolute atomic E-state index is 0.121. The van der Waals surface area contributed by atoms with Gasteiger partial charge in [0.15, 0.2) is 11.0 Å². The second-order valence-corrected chi connectivity index (χ2v) is 10.4. The number of pyridine rings is 1. The van der Waals surface area contributed by atoms with Crippen LogP contribution < -0.4 is 0 Å². The largest absolute Gasteiger partial charge is 0.450 e. The number of thioether (sulfide) groups is 1. The van der Waals surface area contributed by atoms with E-state index in [1.807, 2.05) is 24.3 Å². The second-order valence-electron chi connectivity index (χ2n) is 8.56. The summed E-state index contributed by atoms with van der Waals surface area (Å²) in [6, 6.07) is 11.9. The van der Waals surface area contributed by atoms with Gasteiger partial charge in [-0.2, -0.15) is 0 Å². The van der Waals surface area contributed by atoms with Crippen LogP contribution >= 0.6 is 23.1 Å². The number of piperazine rings is 1. The standard InChI is InChI=1S/C26H27N7O3S2/c1-3-36-26(35)32-14-12-31(13-15-32)24(34)20-16-37-22(28-20)17-38-25-30-29-23(19-8-10-27-11-9-19)33(25)21-7-5-4-6-18(21)2/h4-11,16H,3,12-15,17H2,1-2H3. The van der Waals surface area contributed by atoms with Gasteiger partial charge in [-0.3, -0.25) is 14.3 Å². The first-order valence-electron chi connectivity index (χ1n) is 12.2. The molecule has 12 heteroatoms. The highest BCUT2D eigenvalue weighted by Crippen LogP contribution is 2.31. The summed E-state index contributed by atoms with van der Waals surface area (Å²) in [6.07, 6.45) is 3.14. The molecule has 0 bridgehead atoms. The molecule has 0 atom stereocenters. The molecule has 5 rings (SSSR count). The molecule has 1 aliphatic heterocycles. The van der Waals surface area contributed by atoms with Crippen LogP contribution in [0, 0.1) is 6.92 Å². The number of rotatable bonds is 7. The van der Waals surface area contributed by atoms with Gasteiger partial charge < -0.3 is 14.5 Å². The Bertz CT molecular complexity index is 1420. The van der Waals surface area contributed by atoms with Crippen LogP contribution in [0.1, 0.15) is 28.0 Å². The minimum Gasteiger partial charge on any atom is -0.450 e. The Kier molecular flexibility index (Phi) is 7.99. The fourth-order valence-electron chi connectivity index (χ4n) is 4.15. The van der Waals surface area contributed by atoms with E-state index in [0.29, 0.717) is 44.2 Å². The number of carbonyl (C=O) groups excluding carboxylic acids is 2. The summed E-state index contributed by atoms with van der Waals surface area (Å²) in [5.74, 6) is 1.17. The molecule has 2 amide bonds. The van der Waals surface area contributed by atoms with Gasteiger partial charge in [0, 0.05) is 49.5 Å². The van der Waals surface area contributed by atoms with Crippen LogP contribution in [-0.4, -0.2) is 79.3 Å². The van der Waals surface area contributed by atoms with Crippen molar-refractivity contribution in [2.45, 2.75) is 24.8 Å². The maximum absolute atomic E-state index is 13.0. The molecule has 4 heterocycles. The molecule has 1 aromatic carbocycles. The fourth-order valence-corrected chi connectivity index (χ4v) is 5.88. The lowest BCUT2D eigenvalue weighted by molar-refractivity contribution is 0.0566. The Morgan fingerprint density at radius 1 is 1.03 bits per heavy atom. The van der Waals surface area contributed by atoms with Crippen molar-refractivity contribution in [2.75, 3.05) is 32.8 Å². The number of aromatic nitrogens is 5. The molecule has 196 valence electrons. The number of aryl methyl sites for hydroxylation is 1. The Hall–Kier alpha value is -3.77. The number of nitrogens with zero attached hydrogens (tertiary/aromatic N) is 7. The summed E-state index contributed by atoms with van der Waals surface area (Å²) in [5.41, 5.74) is 3.46. The summed E-state index contributed by atoms with van der Waals surface area (Å²) < 4.78 is 7.11. The number of hydrogen-bond donors (Lipinski definition) is 0. The topological polar surface area (TPSA) is 106 Å². The molecule has 0 radical (unpaired) electrons. The van der Waals surface area contributed by atoms with Gasteiger partial charge in [-0.15, -0.1) is 21.5 Å². The third-order valence-electron chi connectivity index (χ3n) is 6.12. The molecular formula is C26H27N7O3S2. The second kappa shape index (κ2) is 11.7. The fraction of sp³-hybridized carbons (Fsp3) is 0.308. The highest BCUT2D eigenvalue weighted by Gasteiger charge is 2.27. The molecule has 4 aromatic rings. The van der Waals surface area contributed by atoms with E-state index in [9.17, 15) is 9.59 Å². The maximum Gasteiger partial charge on any atom is 0.409 e. The molecule has 10 nitrogen and oxygen atoms in total. The lowest BCUT2D eigenvalue weighted by atomic mass is 10.2. The third kappa shape index (κ3) is 5.55. The predicted molar refractivity (Wildman–Crippen MR) is 146 cm³/mol. The van der Waals surface area contributed by atoms with Crippen molar-refractivity contribution in [2.24, 2.45) is 0 Å². The lowest BCUT2D eigenvalue weighted by Crippen LogP contribution is -2.50.